The number of nitrogens with one attached hydrogen (secondary N) is 1. The van der Waals surface area contributed by atoms with Crippen LogP contribution in [0.25, 0.3) is 6.08 Å². The lowest BCUT2D eigenvalue weighted by Gasteiger charge is -2.27. The Morgan fingerprint density at radius 1 is 1.25 bits per heavy atom. The molecule has 1 aromatic carbocycles. The minimum atomic E-state index is 0.774. The van der Waals surface area contributed by atoms with Gasteiger partial charge >= 0.3 is 0 Å². The van der Waals surface area contributed by atoms with Gasteiger partial charge in [-0.15, -0.1) is 0 Å². The molecule has 134 valence electrons. The zero-order valence-corrected chi connectivity index (χ0v) is 15.9. The van der Waals surface area contributed by atoms with Crippen molar-refractivity contribution < 1.29 is 0 Å². The van der Waals surface area contributed by atoms with Gasteiger partial charge < -0.3 is 5.32 Å². The van der Waals surface area contributed by atoms with Crippen molar-refractivity contribution >= 4 is 6.08 Å². The van der Waals surface area contributed by atoms with Crippen molar-refractivity contribution in [3.8, 4) is 0 Å². The molecular weight excluding hydrogens is 290 g/mol. The average molecular weight is 328 g/mol. The van der Waals surface area contributed by atoms with E-state index in [4.69, 9.17) is 0 Å². The van der Waals surface area contributed by atoms with E-state index in [1.807, 2.05) is 6.08 Å². The molecule has 1 aliphatic rings. The molecule has 0 bridgehead atoms. The lowest BCUT2D eigenvalue weighted by atomic mass is 9.85. The molecule has 0 spiro atoms. The Kier molecular flexibility index (Phi) is 8.59. The summed E-state index contributed by atoms with van der Waals surface area (Å²) in [4.78, 5) is 0. The van der Waals surface area contributed by atoms with E-state index >= 15 is 0 Å². The van der Waals surface area contributed by atoms with E-state index in [0.717, 1.165) is 18.3 Å². The highest BCUT2D eigenvalue weighted by atomic mass is 14.9. The molecular formula is C23H37N. The third kappa shape index (κ3) is 6.09. The molecule has 1 saturated carbocycles. The molecule has 0 aromatic heterocycles. The van der Waals surface area contributed by atoms with Crippen LogP contribution < -0.4 is 5.32 Å². The SMILES string of the molecule is C=Cc1ccc(CC(CCCCC)CNCC2CCC2)cc1CC. The number of benzene rings is 1. The van der Waals surface area contributed by atoms with Gasteiger partial charge in [0.2, 0.25) is 0 Å². The van der Waals surface area contributed by atoms with Crippen LogP contribution in [0.1, 0.15) is 75.5 Å². The third-order valence-electron chi connectivity index (χ3n) is 5.64. The van der Waals surface area contributed by atoms with Crippen LogP contribution in [0.5, 0.6) is 0 Å². The minimum Gasteiger partial charge on any atom is -0.316 e. The normalized spacial score (nSPS) is 15.9. The van der Waals surface area contributed by atoms with Crippen LogP contribution in [0.2, 0.25) is 0 Å². The minimum absolute atomic E-state index is 0.774. The van der Waals surface area contributed by atoms with Crippen LogP contribution >= 0.6 is 0 Å². The molecule has 0 radical (unpaired) electrons. The van der Waals surface area contributed by atoms with Crippen molar-refractivity contribution in [3.63, 3.8) is 0 Å². The smallest absolute Gasteiger partial charge is 0.00172 e. The highest BCUT2D eigenvalue weighted by molar-refractivity contribution is 5.53. The molecule has 1 aliphatic carbocycles. The second-order valence-corrected chi connectivity index (χ2v) is 7.61. The summed E-state index contributed by atoms with van der Waals surface area (Å²) in [5.74, 6) is 1.73. The van der Waals surface area contributed by atoms with Crippen molar-refractivity contribution in [2.75, 3.05) is 13.1 Å². The summed E-state index contributed by atoms with van der Waals surface area (Å²) in [6.45, 7) is 10.9. The quantitative estimate of drug-likeness (QED) is 0.463. The first-order valence-corrected chi connectivity index (χ1v) is 10.2. The Labute approximate surface area is 149 Å². The Morgan fingerprint density at radius 2 is 2.08 bits per heavy atom. The van der Waals surface area contributed by atoms with E-state index in [0.29, 0.717) is 0 Å². The molecule has 0 amide bonds. The zero-order chi connectivity index (χ0) is 17.2. The van der Waals surface area contributed by atoms with Crippen LogP contribution in [-0.2, 0) is 12.8 Å². The molecule has 1 N–H and O–H groups in total. The van der Waals surface area contributed by atoms with Crippen molar-refractivity contribution in [1.29, 1.82) is 0 Å². The first-order chi connectivity index (χ1) is 11.8. The van der Waals surface area contributed by atoms with Crippen LogP contribution in [0.15, 0.2) is 24.8 Å². The van der Waals surface area contributed by atoms with Crippen LogP contribution in [0.3, 0.4) is 0 Å². The second kappa shape index (κ2) is 10.7. The van der Waals surface area contributed by atoms with Crippen LogP contribution in [0.4, 0.5) is 0 Å². The summed E-state index contributed by atoms with van der Waals surface area (Å²) >= 11 is 0. The maximum absolute atomic E-state index is 3.94. The summed E-state index contributed by atoms with van der Waals surface area (Å²) in [7, 11) is 0. The van der Waals surface area contributed by atoms with Gasteiger partial charge in [0.15, 0.2) is 0 Å². The zero-order valence-electron chi connectivity index (χ0n) is 15.9. The van der Waals surface area contributed by atoms with E-state index in [2.05, 4.69) is 43.9 Å². The molecule has 0 saturated heterocycles. The average Bonchev–Trinajstić information content (AvgIpc) is 2.56. The van der Waals surface area contributed by atoms with Crippen LogP contribution in [-0.4, -0.2) is 13.1 Å². The topological polar surface area (TPSA) is 12.0 Å². The molecule has 2 rings (SSSR count). The lowest BCUT2D eigenvalue weighted by molar-refractivity contribution is 0.291. The first kappa shape index (κ1) is 19.2. The predicted molar refractivity (Wildman–Crippen MR) is 107 cm³/mol. The number of aryl methyl sites for hydroxylation is 1. The van der Waals surface area contributed by atoms with E-state index in [9.17, 15) is 0 Å². The van der Waals surface area contributed by atoms with Crippen molar-refractivity contribution in [3.05, 3.63) is 41.5 Å². The van der Waals surface area contributed by atoms with Gasteiger partial charge in [0.1, 0.15) is 0 Å². The molecule has 1 nitrogen and oxygen atoms in total. The molecule has 24 heavy (non-hydrogen) atoms. The monoisotopic (exact) mass is 327 g/mol. The molecule has 1 aromatic rings. The fourth-order valence-corrected chi connectivity index (χ4v) is 3.77. The molecule has 0 aliphatic heterocycles. The number of hydrogen-bond acceptors (Lipinski definition) is 1. The van der Waals surface area contributed by atoms with Crippen molar-refractivity contribution in [2.45, 2.75) is 71.6 Å². The predicted octanol–water partition coefficient (Wildman–Crippen LogP) is 6.02. The Morgan fingerprint density at radius 3 is 2.71 bits per heavy atom. The van der Waals surface area contributed by atoms with Gasteiger partial charge in [-0.05, 0) is 73.7 Å². The lowest BCUT2D eigenvalue weighted by Crippen LogP contribution is -2.31. The molecule has 1 unspecified atom stereocenters. The summed E-state index contributed by atoms with van der Waals surface area (Å²) in [6.07, 6.45) is 14.0. The highest BCUT2D eigenvalue weighted by Crippen LogP contribution is 2.25. The van der Waals surface area contributed by atoms with Crippen molar-refractivity contribution in [1.82, 2.24) is 5.32 Å². The van der Waals surface area contributed by atoms with Gasteiger partial charge in [0.05, 0.1) is 0 Å². The Bertz CT molecular complexity index is 487. The number of unbranched alkanes of at least 4 members (excludes halogenated alkanes) is 2. The largest absolute Gasteiger partial charge is 0.316 e. The van der Waals surface area contributed by atoms with Gasteiger partial charge in [-0.25, -0.2) is 0 Å². The molecule has 1 atom stereocenters. The van der Waals surface area contributed by atoms with Gasteiger partial charge in [-0.1, -0.05) is 70.4 Å². The maximum atomic E-state index is 3.94. The van der Waals surface area contributed by atoms with Gasteiger partial charge in [-0.3, -0.25) is 0 Å². The van der Waals surface area contributed by atoms with E-state index in [1.54, 1.807) is 0 Å². The molecule has 1 fully saturated rings. The summed E-state index contributed by atoms with van der Waals surface area (Å²) in [6, 6.07) is 6.98. The summed E-state index contributed by atoms with van der Waals surface area (Å²) in [5, 5.41) is 3.77. The fourth-order valence-electron chi connectivity index (χ4n) is 3.77. The van der Waals surface area contributed by atoms with Gasteiger partial charge in [0, 0.05) is 0 Å². The van der Waals surface area contributed by atoms with E-state index in [1.165, 1.54) is 81.1 Å². The molecule has 1 heteroatoms. The highest BCUT2D eigenvalue weighted by Gasteiger charge is 2.17. The summed E-state index contributed by atoms with van der Waals surface area (Å²) in [5.41, 5.74) is 4.24. The second-order valence-electron chi connectivity index (χ2n) is 7.61. The van der Waals surface area contributed by atoms with Crippen molar-refractivity contribution in [2.24, 2.45) is 11.8 Å². The standard InChI is InChI=1S/C23H37N/c1-4-7-8-10-21(18-24-17-19-11-9-12-19)15-20-13-14-22(5-2)23(6-3)16-20/h5,13-14,16,19,21,24H,2,4,6-12,15,17-18H2,1,3H3. The van der Waals surface area contributed by atoms with E-state index in [-0.39, 0.29) is 0 Å². The third-order valence-corrected chi connectivity index (χ3v) is 5.64. The Balaban J connectivity index is 1.90. The van der Waals surface area contributed by atoms with Gasteiger partial charge in [0.25, 0.3) is 0 Å². The van der Waals surface area contributed by atoms with Crippen LogP contribution in [0, 0.1) is 11.8 Å². The fraction of sp³-hybridized carbons (Fsp3) is 0.652. The molecule has 0 heterocycles. The maximum Gasteiger partial charge on any atom is -0.00172 e. The summed E-state index contributed by atoms with van der Waals surface area (Å²) < 4.78 is 0. The number of hydrogen-bond donors (Lipinski definition) is 1. The number of rotatable bonds is 12. The van der Waals surface area contributed by atoms with Gasteiger partial charge in [-0.2, -0.15) is 0 Å². The first-order valence-electron chi connectivity index (χ1n) is 10.2. The van der Waals surface area contributed by atoms with E-state index < -0.39 is 0 Å². The Hall–Kier alpha value is -1.08.